The van der Waals surface area contributed by atoms with Crippen LogP contribution in [0.15, 0.2) is 24.3 Å². The van der Waals surface area contributed by atoms with Crippen LogP contribution in [0.3, 0.4) is 0 Å². The lowest BCUT2D eigenvalue weighted by Crippen LogP contribution is -2.41. The van der Waals surface area contributed by atoms with E-state index in [1.807, 2.05) is 0 Å². The molecule has 0 spiro atoms. The second kappa shape index (κ2) is 4.97. The van der Waals surface area contributed by atoms with Crippen LogP contribution in [0, 0.1) is 5.82 Å². The summed E-state index contributed by atoms with van der Waals surface area (Å²) in [6.07, 6.45) is 0.985. The highest BCUT2D eigenvalue weighted by Crippen LogP contribution is 2.30. The van der Waals surface area contributed by atoms with Crippen LogP contribution in [0.25, 0.3) is 0 Å². The van der Waals surface area contributed by atoms with Gasteiger partial charge in [-0.25, -0.2) is 12.8 Å². The fourth-order valence-corrected chi connectivity index (χ4v) is 2.24. The molecule has 3 nitrogen and oxygen atoms in total. The Morgan fingerprint density at radius 2 is 1.72 bits per heavy atom. The van der Waals surface area contributed by atoms with Crippen molar-refractivity contribution in [2.24, 2.45) is 0 Å². The second-order valence-corrected chi connectivity index (χ2v) is 7.56. The molecule has 6 heteroatoms. The van der Waals surface area contributed by atoms with Crippen LogP contribution in [0.4, 0.5) is 4.39 Å². The van der Waals surface area contributed by atoms with E-state index in [4.69, 9.17) is 11.6 Å². The minimum Gasteiger partial charge on any atom is -0.296 e. The zero-order valence-electron chi connectivity index (χ0n) is 10.3. The lowest BCUT2D eigenvalue weighted by molar-refractivity contribution is -0.120. The van der Waals surface area contributed by atoms with Gasteiger partial charge in [0.25, 0.3) is 0 Å². The summed E-state index contributed by atoms with van der Waals surface area (Å²) in [4.78, 5) is 12.1. The van der Waals surface area contributed by atoms with E-state index in [-0.39, 0.29) is 0 Å². The highest BCUT2D eigenvalue weighted by Gasteiger charge is 2.41. The van der Waals surface area contributed by atoms with Gasteiger partial charge < -0.3 is 0 Å². The second-order valence-electron chi connectivity index (χ2n) is 4.56. The van der Waals surface area contributed by atoms with E-state index in [2.05, 4.69) is 0 Å². The van der Waals surface area contributed by atoms with Gasteiger partial charge in [0.15, 0.2) is 15.6 Å². The lowest BCUT2D eigenvalue weighted by Gasteiger charge is -2.23. The monoisotopic (exact) mass is 292 g/mol. The van der Waals surface area contributed by atoms with Crippen molar-refractivity contribution < 1.29 is 17.6 Å². The summed E-state index contributed by atoms with van der Waals surface area (Å²) in [5, 5.41) is -1.12. The average Bonchev–Trinajstić information content (AvgIpc) is 2.26. The van der Waals surface area contributed by atoms with Crippen LogP contribution < -0.4 is 0 Å². The predicted molar refractivity (Wildman–Crippen MR) is 68.9 cm³/mol. The molecule has 1 aromatic carbocycles. The summed E-state index contributed by atoms with van der Waals surface area (Å²) >= 11 is 5.96. The van der Waals surface area contributed by atoms with Gasteiger partial charge in [-0.15, -0.1) is 11.6 Å². The smallest absolute Gasteiger partial charge is 0.175 e. The van der Waals surface area contributed by atoms with Gasteiger partial charge in [0.2, 0.25) is 0 Å². The molecular weight excluding hydrogens is 279 g/mol. The molecule has 1 aromatic rings. The SMILES string of the molecule is CC(C)(C(=O)C(Cl)c1ccc(F)cc1)S(C)(=O)=O. The lowest BCUT2D eigenvalue weighted by atomic mass is 10.00. The average molecular weight is 293 g/mol. The number of hydrogen-bond acceptors (Lipinski definition) is 3. The quantitative estimate of drug-likeness (QED) is 0.801. The Labute approximate surface area is 111 Å². The van der Waals surface area contributed by atoms with Crippen molar-refractivity contribution in [3.63, 3.8) is 0 Å². The molecule has 0 aromatic heterocycles. The maximum Gasteiger partial charge on any atom is 0.175 e. The van der Waals surface area contributed by atoms with Crippen LogP contribution in [0.2, 0.25) is 0 Å². The van der Waals surface area contributed by atoms with Gasteiger partial charge in [0, 0.05) is 6.26 Å². The van der Waals surface area contributed by atoms with Crippen molar-refractivity contribution in [1.82, 2.24) is 0 Å². The first-order valence-electron chi connectivity index (χ1n) is 5.21. The molecule has 0 bridgehead atoms. The van der Waals surface area contributed by atoms with Crippen molar-refractivity contribution in [1.29, 1.82) is 0 Å². The standard InChI is InChI=1S/C12H14ClFO3S/c1-12(2,18(3,16)17)11(15)10(13)8-4-6-9(14)7-5-8/h4-7,10H,1-3H3. The van der Waals surface area contributed by atoms with E-state index in [1.165, 1.54) is 38.1 Å². The topological polar surface area (TPSA) is 51.2 Å². The Balaban J connectivity index is 3.09. The summed E-state index contributed by atoms with van der Waals surface area (Å²) in [6, 6.07) is 5.07. The van der Waals surface area contributed by atoms with E-state index in [0.717, 1.165) is 6.26 Å². The minimum atomic E-state index is -3.57. The minimum absolute atomic E-state index is 0.375. The van der Waals surface area contributed by atoms with E-state index in [0.29, 0.717) is 5.56 Å². The molecule has 18 heavy (non-hydrogen) atoms. The van der Waals surface area contributed by atoms with E-state index < -0.39 is 31.6 Å². The molecule has 1 atom stereocenters. The molecular formula is C12H14ClFO3S. The van der Waals surface area contributed by atoms with E-state index in [9.17, 15) is 17.6 Å². The molecule has 0 radical (unpaired) electrons. The highest BCUT2D eigenvalue weighted by atomic mass is 35.5. The number of Topliss-reactive ketones (excluding diaryl/α,β-unsaturated/α-hetero) is 1. The number of benzene rings is 1. The van der Waals surface area contributed by atoms with Crippen LogP contribution in [0.1, 0.15) is 24.8 Å². The fourth-order valence-electron chi connectivity index (χ4n) is 1.27. The molecule has 0 heterocycles. The van der Waals surface area contributed by atoms with Crippen molar-refractivity contribution in [3.8, 4) is 0 Å². The number of ketones is 1. The number of carbonyl (C=O) groups excluding carboxylic acids is 1. The summed E-state index contributed by atoms with van der Waals surface area (Å²) in [6.45, 7) is 2.62. The first-order chi connectivity index (χ1) is 8.07. The van der Waals surface area contributed by atoms with Gasteiger partial charge in [-0.3, -0.25) is 4.79 Å². The van der Waals surface area contributed by atoms with Crippen LogP contribution in [-0.4, -0.2) is 25.2 Å². The molecule has 100 valence electrons. The highest BCUT2D eigenvalue weighted by molar-refractivity contribution is 7.92. The predicted octanol–water partition coefficient (Wildman–Crippen LogP) is 2.50. The summed E-state index contributed by atoms with van der Waals surface area (Å²) in [5.74, 6) is -1.07. The fraction of sp³-hybridized carbons (Fsp3) is 0.417. The van der Waals surface area contributed by atoms with Crippen molar-refractivity contribution in [3.05, 3.63) is 35.6 Å². The summed E-state index contributed by atoms with van der Waals surface area (Å²) in [5.41, 5.74) is 0.375. The van der Waals surface area contributed by atoms with E-state index >= 15 is 0 Å². The van der Waals surface area contributed by atoms with Crippen molar-refractivity contribution >= 4 is 27.2 Å². The Morgan fingerprint density at radius 1 is 1.28 bits per heavy atom. The van der Waals surface area contributed by atoms with E-state index in [1.54, 1.807) is 0 Å². The largest absolute Gasteiger partial charge is 0.296 e. The number of rotatable bonds is 4. The molecule has 1 rings (SSSR count). The van der Waals surface area contributed by atoms with Gasteiger partial charge in [-0.05, 0) is 31.5 Å². The Hall–Kier alpha value is -0.940. The zero-order valence-corrected chi connectivity index (χ0v) is 11.8. The first-order valence-corrected chi connectivity index (χ1v) is 7.53. The molecule has 0 aliphatic carbocycles. The maximum absolute atomic E-state index is 12.8. The third-order valence-corrected chi connectivity index (χ3v) is 5.42. The number of carbonyl (C=O) groups is 1. The third-order valence-electron chi connectivity index (χ3n) is 2.91. The number of sulfone groups is 1. The van der Waals surface area contributed by atoms with Gasteiger partial charge in [0.1, 0.15) is 15.9 Å². The zero-order chi connectivity index (χ0) is 14.1. The molecule has 0 saturated heterocycles. The van der Waals surface area contributed by atoms with Crippen LogP contribution in [-0.2, 0) is 14.6 Å². The van der Waals surface area contributed by atoms with Crippen molar-refractivity contribution in [2.75, 3.05) is 6.26 Å². The Bertz CT molecular complexity index is 549. The summed E-state index contributed by atoms with van der Waals surface area (Å²) < 4.78 is 34.3. The summed E-state index contributed by atoms with van der Waals surface area (Å²) in [7, 11) is -3.57. The maximum atomic E-state index is 12.8. The normalized spacial score (nSPS) is 14.3. The number of hydrogen-bond donors (Lipinski definition) is 0. The molecule has 0 fully saturated rings. The van der Waals surface area contributed by atoms with Gasteiger partial charge in [-0.2, -0.15) is 0 Å². The molecule has 0 aliphatic heterocycles. The Morgan fingerprint density at radius 3 is 2.11 bits per heavy atom. The molecule has 0 aliphatic rings. The van der Waals surface area contributed by atoms with Gasteiger partial charge in [-0.1, -0.05) is 12.1 Å². The molecule has 1 unspecified atom stereocenters. The van der Waals surface area contributed by atoms with Crippen LogP contribution >= 0.6 is 11.6 Å². The van der Waals surface area contributed by atoms with Crippen molar-refractivity contribution in [2.45, 2.75) is 24.0 Å². The number of alkyl halides is 1. The number of halogens is 2. The first kappa shape index (κ1) is 15.1. The van der Waals surface area contributed by atoms with Gasteiger partial charge in [0.05, 0.1) is 0 Å². The molecule has 0 N–H and O–H groups in total. The molecule has 0 saturated carbocycles. The van der Waals surface area contributed by atoms with Gasteiger partial charge >= 0.3 is 0 Å². The third kappa shape index (κ3) is 2.90. The Kier molecular flexibility index (Phi) is 4.18. The molecule has 0 amide bonds. The van der Waals surface area contributed by atoms with Crippen LogP contribution in [0.5, 0.6) is 0 Å².